The number of aliphatic hydroxyl groups is 1. The molecule has 0 aromatic heterocycles. The van der Waals surface area contributed by atoms with Gasteiger partial charge < -0.3 is 26.2 Å². The van der Waals surface area contributed by atoms with E-state index in [1.165, 1.54) is 0 Å². The van der Waals surface area contributed by atoms with Crippen LogP contribution in [0.4, 0.5) is 10.1 Å². The van der Waals surface area contributed by atoms with Gasteiger partial charge in [-0.05, 0) is 37.5 Å². The fourth-order valence-electron chi connectivity index (χ4n) is 4.53. The molecule has 0 amide bonds. The summed E-state index contributed by atoms with van der Waals surface area (Å²) in [5, 5.41) is 24.9. The van der Waals surface area contributed by atoms with Crippen molar-refractivity contribution in [2.75, 3.05) is 32.1 Å². The van der Waals surface area contributed by atoms with Crippen molar-refractivity contribution in [1.29, 1.82) is 5.26 Å². The summed E-state index contributed by atoms with van der Waals surface area (Å²) in [5.41, 5.74) is 9.94. The molecular weight excluding hydrogens is 421 g/mol. The van der Waals surface area contributed by atoms with E-state index in [1.54, 1.807) is 6.20 Å². The molecular formula is C25H37FN5O2+. The number of aliphatic hydroxyl groups excluding tert-OH is 1. The lowest BCUT2D eigenvalue weighted by atomic mass is 9.88. The summed E-state index contributed by atoms with van der Waals surface area (Å²) in [6, 6.07) is 9.88. The number of hydrogen-bond acceptors (Lipinski definition) is 6. The average molecular weight is 459 g/mol. The third kappa shape index (κ3) is 6.68. The number of nitriles is 1. The minimum atomic E-state index is -0.747. The summed E-state index contributed by atoms with van der Waals surface area (Å²) in [5.74, 6) is 0. The number of nitrogens with zero attached hydrogens (tertiary/aromatic N) is 2. The normalized spacial score (nSPS) is 24.5. The molecule has 7 nitrogen and oxygen atoms in total. The van der Waals surface area contributed by atoms with Crippen LogP contribution in [0.2, 0.25) is 0 Å². The molecule has 3 atom stereocenters. The monoisotopic (exact) mass is 458 g/mol. The molecule has 1 aromatic rings. The maximum absolute atomic E-state index is 14.0. The quantitative estimate of drug-likeness (QED) is 0.300. The fourth-order valence-corrected chi connectivity index (χ4v) is 4.53. The fraction of sp³-hybridized carbons (Fsp3) is 0.600. The van der Waals surface area contributed by atoms with Crippen molar-refractivity contribution in [2.24, 2.45) is 5.73 Å². The van der Waals surface area contributed by atoms with Gasteiger partial charge in [0, 0.05) is 36.0 Å². The molecule has 1 aliphatic carbocycles. The lowest BCUT2D eigenvalue weighted by Crippen LogP contribution is -2.39. The molecule has 1 aliphatic heterocycles. The predicted octanol–water partition coefficient (Wildman–Crippen LogP) is 2.76. The number of alkyl halides is 1. The molecule has 180 valence electrons. The van der Waals surface area contributed by atoms with Gasteiger partial charge in [-0.15, -0.1) is 0 Å². The van der Waals surface area contributed by atoms with Crippen molar-refractivity contribution in [1.82, 2.24) is 5.32 Å². The minimum absolute atomic E-state index is 0.00296. The molecule has 8 heteroatoms. The average Bonchev–Trinajstić information content (AvgIpc) is 3.59. The van der Waals surface area contributed by atoms with Crippen molar-refractivity contribution >= 4 is 11.4 Å². The zero-order valence-electron chi connectivity index (χ0n) is 19.7. The molecule has 33 heavy (non-hydrogen) atoms. The highest BCUT2D eigenvalue weighted by Crippen LogP contribution is 2.51. The third-order valence-electron chi connectivity index (χ3n) is 6.70. The van der Waals surface area contributed by atoms with Crippen LogP contribution in [-0.2, 0) is 10.2 Å². The summed E-state index contributed by atoms with van der Waals surface area (Å²) in [4.78, 5) is 0. The minimum Gasteiger partial charge on any atom is -0.401 e. The summed E-state index contributed by atoms with van der Waals surface area (Å²) in [7, 11) is 2.00. The Kier molecular flexibility index (Phi) is 8.70. The molecule has 3 rings (SSSR count). The van der Waals surface area contributed by atoms with Gasteiger partial charge in [0.15, 0.2) is 12.0 Å². The van der Waals surface area contributed by atoms with Crippen LogP contribution in [0.1, 0.15) is 51.0 Å². The Hall–Kier alpha value is -2.63. The number of ether oxygens (including phenoxy) is 1. The molecule has 1 saturated heterocycles. The Morgan fingerprint density at radius 1 is 1.39 bits per heavy atom. The molecule has 2 fully saturated rings. The number of anilines is 1. The van der Waals surface area contributed by atoms with Gasteiger partial charge in [-0.3, -0.25) is 0 Å². The van der Waals surface area contributed by atoms with Gasteiger partial charge in [-0.1, -0.05) is 12.1 Å². The van der Waals surface area contributed by atoms with E-state index >= 15 is 0 Å². The van der Waals surface area contributed by atoms with E-state index in [4.69, 9.17) is 15.7 Å². The van der Waals surface area contributed by atoms with E-state index < -0.39 is 13.0 Å². The third-order valence-corrected chi connectivity index (χ3v) is 6.70. The number of nitrogens with two attached hydrogens (primary N) is 1. The Morgan fingerprint density at radius 3 is 2.73 bits per heavy atom. The van der Waals surface area contributed by atoms with E-state index in [9.17, 15) is 9.50 Å². The number of rotatable bonds is 11. The van der Waals surface area contributed by atoms with E-state index in [0.29, 0.717) is 31.5 Å². The second kappa shape index (κ2) is 11.5. The topological polar surface area (TPSA) is 106 Å². The first-order chi connectivity index (χ1) is 15.9. The zero-order valence-corrected chi connectivity index (χ0v) is 19.7. The van der Waals surface area contributed by atoms with Crippen LogP contribution in [0.15, 0.2) is 36.2 Å². The van der Waals surface area contributed by atoms with Crippen molar-refractivity contribution < 1.29 is 18.8 Å². The summed E-state index contributed by atoms with van der Waals surface area (Å²) >= 11 is 0. The van der Waals surface area contributed by atoms with Gasteiger partial charge in [0.1, 0.15) is 20.3 Å². The molecule has 1 unspecified atom stereocenters. The lowest BCUT2D eigenvalue weighted by Gasteiger charge is -2.26. The molecule has 2 aliphatic rings. The van der Waals surface area contributed by atoms with Crippen LogP contribution in [-0.4, -0.2) is 60.6 Å². The standard InChI is InChI=1S/C25H37FN5O2/c1-18-14-22(15-24(32)33-18)31(2)13-8-20(28)17-30-23(16-26)25(9-10-25)19-4-6-21(7-5-19)29-12-3-11-27/h4-7,17-18,23-24,29-30,32H,3,8-10,12-16,28H2,1-2H3/q+1/b20-17-,31-22?/t18?,23-,24-/m1/s1. The first-order valence-electron chi connectivity index (χ1n) is 11.7. The summed E-state index contributed by atoms with van der Waals surface area (Å²) in [6.45, 7) is 2.82. The van der Waals surface area contributed by atoms with Crippen molar-refractivity contribution in [3.05, 3.63) is 41.7 Å². The van der Waals surface area contributed by atoms with Gasteiger partial charge in [0.05, 0.1) is 37.5 Å². The van der Waals surface area contributed by atoms with E-state index in [2.05, 4.69) is 33.4 Å². The van der Waals surface area contributed by atoms with Crippen molar-refractivity contribution in [3.63, 3.8) is 0 Å². The Morgan fingerprint density at radius 2 is 2.12 bits per heavy atom. The predicted molar refractivity (Wildman–Crippen MR) is 128 cm³/mol. The number of nitrogens with one attached hydrogen (secondary N) is 2. The molecule has 5 N–H and O–H groups in total. The number of benzene rings is 1. The van der Waals surface area contributed by atoms with Crippen LogP contribution in [0, 0.1) is 11.3 Å². The van der Waals surface area contributed by atoms with Crippen LogP contribution in [0.5, 0.6) is 0 Å². The van der Waals surface area contributed by atoms with E-state index in [-0.39, 0.29) is 17.6 Å². The van der Waals surface area contributed by atoms with Gasteiger partial charge in [0.25, 0.3) is 0 Å². The summed E-state index contributed by atoms with van der Waals surface area (Å²) < 4.78 is 21.5. The second-order valence-corrected chi connectivity index (χ2v) is 9.21. The molecule has 0 radical (unpaired) electrons. The van der Waals surface area contributed by atoms with Crippen molar-refractivity contribution in [3.8, 4) is 6.07 Å². The van der Waals surface area contributed by atoms with Crippen molar-refractivity contribution in [2.45, 2.75) is 69.3 Å². The Balaban J connectivity index is 1.56. The summed E-state index contributed by atoms with van der Waals surface area (Å²) in [6.07, 6.45) is 5.30. The highest BCUT2D eigenvalue weighted by molar-refractivity contribution is 5.81. The van der Waals surface area contributed by atoms with Gasteiger partial charge in [0.2, 0.25) is 0 Å². The highest BCUT2D eigenvalue weighted by Gasteiger charge is 2.50. The molecule has 0 bridgehead atoms. The van der Waals surface area contributed by atoms with Crippen LogP contribution < -0.4 is 16.4 Å². The van der Waals surface area contributed by atoms with Crippen LogP contribution in [0.3, 0.4) is 0 Å². The number of hydrogen-bond donors (Lipinski definition) is 4. The Labute approximate surface area is 196 Å². The maximum Gasteiger partial charge on any atom is 0.164 e. The molecule has 1 saturated carbocycles. The molecule has 1 heterocycles. The van der Waals surface area contributed by atoms with E-state index in [1.807, 2.05) is 26.1 Å². The smallest absolute Gasteiger partial charge is 0.164 e. The van der Waals surface area contributed by atoms with Gasteiger partial charge >= 0.3 is 0 Å². The molecule has 1 aromatic carbocycles. The first-order valence-corrected chi connectivity index (χ1v) is 11.7. The second-order valence-electron chi connectivity index (χ2n) is 9.21. The van der Waals surface area contributed by atoms with Crippen LogP contribution >= 0.6 is 0 Å². The molecule has 0 spiro atoms. The van der Waals surface area contributed by atoms with Crippen LogP contribution in [0.25, 0.3) is 0 Å². The lowest BCUT2D eigenvalue weighted by molar-refractivity contribution is -0.501. The maximum atomic E-state index is 14.0. The van der Waals surface area contributed by atoms with Gasteiger partial charge in [-0.25, -0.2) is 8.97 Å². The zero-order chi connectivity index (χ0) is 23.8. The Bertz CT molecular complexity index is 877. The first kappa shape index (κ1) is 25.0. The largest absolute Gasteiger partial charge is 0.401 e. The van der Waals surface area contributed by atoms with Gasteiger partial charge in [-0.2, -0.15) is 5.26 Å². The SMILES string of the molecule is CC1CC(=[N+](C)CC/C(N)=C/N[C@H](CF)C2(c3ccc(NCCC#N)cc3)CC2)C[C@H](O)O1. The van der Waals surface area contributed by atoms with E-state index in [0.717, 1.165) is 42.8 Å². The highest BCUT2D eigenvalue weighted by atomic mass is 19.1. The number of halogens is 1.